The zero-order chi connectivity index (χ0) is 25.1. The molecular weight excluding hydrogens is 456 g/mol. The second-order valence-electron chi connectivity index (χ2n) is 8.29. The first kappa shape index (κ1) is 24.4. The monoisotopic (exact) mass is 483 g/mol. The molecule has 4 rings (SSSR count). The van der Waals surface area contributed by atoms with Crippen molar-refractivity contribution in [1.82, 2.24) is 14.4 Å². The van der Waals surface area contributed by atoms with E-state index in [1.807, 2.05) is 12.1 Å². The molecule has 2 heterocycles. The lowest BCUT2D eigenvalue weighted by molar-refractivity contribution is -0.136. The minimum Gasteiger partial charge on any atom is -0.497 e. The van der Waals surface area contributed by atoms with Gasteiger partial charge in [0, 0.05) is 45.0 Å². The molecule has 3 aromatic rings. The molecule has 2 amide bonds. The molecule has 1 aliphatic rings. The Kier molecular flexibility index (Phi) is 7.16. The number of methoxy groups -OCH3 is 2. The van der Waals surface area contributed by atoms with Crippen LogP contribution >= 0.6 is 0 Å². The maximum atomic E-state index is 14.9. The minimum absolute atomic E-state index is 0.00433. The number of nitrogens with zero attached hydrogens (tertiary/aromatic N) is 3. The number of ether oxygens (including phenoxy) is 2. The van der Waals surface area contributed by atoms with Gasteiger partial charge in [-0.15, -0.1) is 0 Å². The van der Waals surface area contributed by atoms with Crippen LogP contribution in [0.1, 0.15) is 16.1 Å². The molecule has 0 spiro atoms. The van der Waals surface area contributed by atoms with Crippen molar-refractivity contribution in [3.05, 3.63) is 71.4 Å². The van der Waals surface area contributed by atoms with Crippen molar-refractivity contribution in [3.63, 3.8) is 0 Å². The minimum atomic E-state index is -0.734. The molecule has 9 heteroatoms. The Labute approximate surface area is 202 Å². The molecule has 35 heavy (non-hydrogen) atoms. The Morgan fingerprint density at radius 1 is 0.914 bits per heavy atom. The van der Waals surface area contributed by atoms with Crippen molar-refractivity contribution in [1.29, 1.82) is 0 Å². The largest absolute Gasteiger partial charge is 0.497 e. The van der Waals surface area contributed by atoms with Gasteiger partial charge < -0.3 is 23.8 Å². The number of hydrogen-bond acceptors (Lipinski definition) is 4. The van der Waals surface area contributed by atoms with E-state index < -0.39 is 11.6 Å². The average Bonchev–Trinajstić information content (AvgIpc) is 3.20. The van der Waals surface area contributed by atoms with Crippen LogP contribution in [0.25, 0.3) is 16.9 Å². The SMILES string of the molecule is COCC(=O)N1CCN(C(=O)c2cc(-c3ccc(OC)cc3)n(-c3ccc(F)cc3F)c2C)CC1. The zero-order valence-electron chi connectivity index (χ0n) is 19.9. The molecule has 0 radical (unpaired) electrons. The molecular formula is C26H27F2N3O4. The van der Waals surface area contributed by atoms with Crippen LogP contribution in [0.15, 0.2) is 48.5 Å². The van der Waals surface area contributed by atoms with E-state index >= 15 is 0 Å². The number of piperazine rings is 1. The van der Waals surface area contributed by atoms with E-state index in [1.165, 1.54) is 19.2 Å². The third kappa shape index (κ3) is 4.90. The summed E-state index contributed by atoms with van der Waals surface area (Å²) >= 11 is 0. The lowest BCUT2D eigenvalue weighted by atomic mass is 10.1. The van der Waals surface area contributed by atoms with Crippen molar-refractivity contribution in [2.24, 2.45) is 0 Å². The van der Waals surface area contributed by atoms with Crippen LogP contribution in [-0.4, -0.2) is 73.2 Å². The van der Waals surface area contributed by atoms with E-state index in [2.05, 4.69) is 0 Å². The lowest BCUT2D eigenvalue weighted by Crippen LogP contribution is -2.51. The van der Waals surface area contributed by atoms with Gasteiger partial charge in [0.1, 0.15) is 24.0 Å². The summed E-state index contributed by atoms with van der Waals surface area (Å²) in [5, 5.41) is 0. The van der Waals surface area contributed by atoms with Crippen LogP contribution in [0.5, 0.6) is 5.75 Å². The third-order valence-electron chi connectivity index (χ3n) is 6.20. The number of aromatic nitrogens is 1. The summed E-state index contributed by atoms with van der Waals surface area (Å²) in [6.45, 7) is 3.31. The maximum Gasteiger partial charge on any atom is 0.255 e. The zero-order valence-corrected chi connectivity index (χ0v) is 19.9. The Balaban J connectivity index is 1.71. The van der Waals surface area contributed by atoms with Crippen LogP contribution in [0, 0.1) is 18.6 Å². The Bertz CT molecular complexity index is 1230. The summed E-state index contributed by atoms with van der Waals surface area (Å²) in [6, 6.07) is 12.3. The van der Waals surface area contributed by atoms with Crippen molar-refractivity contribution in [3.8, 4) is 22.7 Å². The molecule has 0 saturated carbocycles. The van der Waals surface area contributed by atoms with Crippen LogP contribution in [0.4, 0.5) is 8.78 Å². The molecule has 1 saturated heterocycles. The number of amides is 2. The fourth-order valence-corrected chi connectivity index (χ4v) is 4.31. The molecule has 0 atom stereocenters. The smallest absolute Gasteiger partial charge is 0.255 e. The van der Waals surface area contributed by atoms with E-state index in [0.717, 1.165) is 11.6 Å². The Morgan fingerprint density at radius 2 is 1.57 bits per heavy atom. The summed E-state index contributed by atoms with van der Waals surface area (Å²) in [5.41, 5.74) is 2.42. The van der Waals surface area contributed by atoms with Gasteiger partial charge >= 0.3 is 0 Å². The standard InChI is InChI=1S/C26H27F2N3O4/c1-17-21(26(33)30-12-10-29(11-13-30)25(32)16-34-2)15-24(18-4-7-20(35-3)8-5-18)31(17)23-9-6-19(27)14-22(23)28/h4-9,14-15H,10-13,16H2,1-3H3. The number of benzene rings is 2. The molecule has 1 aromatic heterocycles. The highest BCUT2D eigenvalue weighted by molar-refractivity contribution is 5.97. The van der Waals surface area contributed by atoms with E-state index in [9.17, 15) is 18.4 Å². The molecule has 1 fully saturated rings. The number of carbonyl (C=O) groups is 2. The summed E-state index contributed by atoms with van der Waals surface area (Å²) in [4.78, 5) is 28.9. The number of carbonyl (C=O) groups excluding carboxylic acids is 2. The van der Waals surface area contributed by atoms with Crippen molar-refractivity contribution >= 4 is 11.8 Å². The van der Waals surface area contributed by atoms with Crippen molar-refractivity contribution in [2.75, 3.05) is 47.0 Å². The topological polar surface area (TPSA) is 64.0 Å². The molecule has 2 aromatic carbocycles. The van der Waals surface area contributed by atoms with Gasteiger partial charge in [0.05, 0.1) is 24.1 Å². The van der Waals surface area contributed by atoms with Crippen LogP contribution in [0.3, 0.4) is 0 Å². The molecule has 0 aliphatic carbocycles. The Morgan fingerprint density at radius 3 is 2.17 bits per heavy atom. The molecule has 0 N–H and O–H groups in total. The van der Waals surface area contributed by atoms with Crippen LogP contribution < -0.4 is 4.74 Å². The van der Waals surface area contributed by atoms with Gasteiger partial charge in [-0.25, -0.2) is 8.78 Å². The number of halogens is 2. The summed E-state index contributed by atoms with van der Waals surface area (Å²) < 4.78 is 40.3. The highest BCUT2D eigenvalue weighted by atomic mass is 19.1. The van der Waals surface area contributed by atoms with Crippen LogP contribution in [0.2, 0.25) is 0 Å². The number of rotatable bonds is 6. The van der Waals surface area contributed by atoms with E-state index in [1.54, 1.807) is 46.6 Å². The summed E-state index contributed by atoms with van der Waals surface area (Å²) in [7, 11) is 3.03. The predicted molar refractivity (Wildman–Crippen MR) is 127 cm³/mol. The van der Waals surface area contributed by atoms with Crippen molar-refractivity contribution < 1.29 is 27.8 Å². The molecule has 0 unspecified atom stereocenters. The molecule has 1 aliphatic heterocycles. The van der Waals surface area contributed by atoms with Gasteiger partial charge in [0.2, 0.25) is 5.91 Å². The Hall–Kier alpha value is -3.72. The van der Waals surface area contributed by atoms with Crippen molar-refractivity contribution in [2.45, 2.75) is 6.92 Å². The van der Waals surface area contributed by atoms with Gasteiger partial charge in [-0.1, -0.05) is 0 Å². The highest BCUT2D eigenvalue weighted by Gasteiger charge is 2.28. The van der Waals surface area contributed by atoms with Gasteiger partial charge in [0.15, 0.2) is 0 Å². The highest BCUT2D eigenvalue weighted by Crippen LogP contribution is 2.32. The van der Waals surface area contributed by atoms with Gasteiger partial charge in [-0.2, -0.15) is 0 Å². The first-order chi connectivity index (χ1) is 16.8. The molecule has 184 valence electrons. The molecule has 0 bridgehead atoms. The normalized spacial score (nSPS) is 13.7. The van der Waals surface area contributed by atoms with Gasteiger partial charge in [-0.05, 0) is 55.0 Å². The average molecular weight is 484 g/mol. The summed E-state index contributed by atoms with van der Waals surface area (Å²) in [5.74, 6) is -1.08. The number of hydrogen-bond donors (Lipinski definition) is 0. The van der Waals surface area contributed by atoms with Crippen LogP contribution in [-0.2, 0) is 9.53 Å². The van der Waals surface area contributed by atoms with E-state index in [0.29, 0.717) is 48.9 Å². The van der Waals surface area contributed by atoms with E-state index in [-0.39, 0.29) is 24.1 Å². The fourth-order valence-electron chi connectivity index (χ4n) is 4.31. The van der Waals surface area contributed by atoms with E-state index in [4.69, 9.17) is 9.47 Å². The summed E-state index contributed by atoms with van der Waals surface area (Å²) in [6.07, 6.45) is 0. The quantitative estimate of drug-likeness (QED) is 0.537. The predicted octanol–water partition coefficient (Wildman–Crippen LogP) is 3.67. The first-order valence-corrected chi connectivity index (χ1v) is 11.2. The first-order valence-electron chi connectivity index (χ1n) is 11.2. The maximum absolute atomic E-state index is 14.9. The molecule has 7 nitrogen and oxygen atoms in total. The third-order valence-corrected chi connectivity index (χ3v) is 6.20. The fraction of sp³-hybridized carbons (Fsp3) is 0.308. The second-order valence-corrected chi connectivity index (χ2v) is 8.29. The van der Waals surface area contributed by atoms with Gasteiger partial charge in [0.25, 0.3) is 5.91 Å². The lowest BCUT2D eigenvalue weighted by Gasteiger charge is -2.34. The second kappa shape index (κ2) is 10.3. The van der Waals surface area contributed by atoms with Gasteiger partial charge in [-0.3, -0.25) is 9.59 Å².